The van der Waals surface area contributed by atoms with Crippen LogP contribution in [0.25, 0.3) is 0 Å². The van der Waals surface area contributed by atoms with Gasteiger partial charge in [-0.05, 0) is 25.2 Å². The fourth-order valence-corrected chi connectivity index (χ4v) is 3.30. The van der Waals surface area contributed by atoms with Crippen LogP contribution in [0, 0.1) is 5.92 Å². The lowest BCUT2D eigenvalue weighted by atomic mass is 9.84. The van der Waals surface area contributed by atoms with Gasteiger partial charge in [-0.2, -0.15) is 0 Å². The van der Waals surface area contributed by atoms with Gasteiger partial charge in [-0.3, -0.25) is 0 Å². The van der Waals surface area contributed by atoms with Crippen LogP contribution in [0.5, 0.6) is 0 Å². The predicted molar refractivity (Wildman–Crippen MR) is 55.7 cm³/mol. The summed E-state index contributed by atoms with van der Waals surface area (Å²) < 4.78 is 22.7. The van der Waals surface area contributed by atoms with Gasteiger partial charge in [0.2, 0.25) is 0 Å². The fourth-order valence-electron chi connectivity index (χ4n) is 2.11. The Hall–Kier alpha value is -0.130. The minimum absolute atomic E-state index is 0.0544. The van der Waals surface area contributed by atoms with E-state index in [0.29, 0.717) is 6.42 Å². The van der Waals surface area contributed by atoms with Crippen molar-refractivity contribution in [2.75, 3.05) is 12.9 Å². The van der Waals surface area contributed by atoms with Crippen molar-refractivity contribution < 1.29 is 13.5 Å². The molecule has 1 saturated carbocycles. The average Bonchev–Trinajstić information content (AvgIpc) is 2.15. The van der Waals surface area contributed by atoms with E-state index in [-0.39, 0.29) is 23.8 Å². The van der Waals surface area contributed by atoms with E-state index in [4.69, 9.17) is 10.8 Å². The summed E-state index contributed by atoms with van der Waals surface area (Å²) in [4.78, 5) is 0. The van der Waals surface area contributed by atoms with Gasteiger partial charge in [0.15, 0.2) is 0 Å². The molecule has 0 amide bonds. The topological polar surface area (TPSA) is 80.4 Å². The first-order chi connectivity index (χ1) is 6.45. The highest BCUT2D eigenvalue weighted by molar-refractivity contribution is 7.91. The highest BCUT2D eigenvalue weighted by atomic mass is 32.2. The number of aliphatic hydroxyl groups is 1. The zero-order valence-corrected chi connectivity index (χ0v) is 9.33. The van der Waals surface area contributed by atoms with Crippen molar-refractivity contribution in [3.63, 3.8) is 0 Å². The van der Waals surface area contributed by atoms with E-state index in [2.05, 4.69) is 0 Å². The minimum Gasteiger partial charge on any atom is -0.395 e. The van der Waals surface area contributed by atoms with Gasteiger partial charge in [-0.15, -0.1) is 0 Å². The normalized spacial score (nSPS) is 31.4. The Bertz CT molecular complexity index is 276. The summed E-state index contributed by atoms with van der Waals surface area (Å²) in [6.07, 6.45) is 4.47. The molecule has 4 nitrogen and oxygen atoms in total. The van der Waals surface area contributed by atoms with E-state index in [1.54, 1.807) is 0 Å². The monoisotopic (exact) mass is 221 g/mol. The Kier molecular flexibility index (Phi) is 3.92. The first kappa shape index (κ1) is 11.9. The van der Waals surface area contributed by atoms with Crippen LogP contribution in [0.3, 0.4) is 0 Å². The summed E-state index contributed by atoms with van der Waals surface area (Å²) in [5.74, 6) is 0.161. The lowest BCUT2D eigenvalue weighted by Crippen LogP contribution is -2.39. The Morgan fingerprint density at radius 1 is 1.50 bits per heavy atom. The van der Waals surface area contributed by atoms with Crippen LogP contribution in [0.4, 0.5) is 0 Å². The van der Waals surface area contributed by atoms with Gasteiger partial charge in [0.05, 0.1) is 11.9 Å². The van der Waals surface area contributed by atoms with Crippen LogP contribution in [-0.2, 0) is 9.84 Å². The van der Waals surface area contributed by atoms with Crippen LogP contribution >= 0.6 is 0 Å². The highest BCUT2D eigenvalue weighted by Gasteiger charge is 2.31. The summed E-state index contributed by atoms with van der Waals surface area (Å²) in [7, 11) is -2.94. The molecule has 1 rings (SSSR count). The fraction of sp³-hybridized carbons (Fsp3) is 1.00. The number of hydrogen-bond acceptors (Lipinski definition) is 4. The van der Waals surface area contributed by atoms with Gasteiger partial charge in [0, 0.05) is 12.3 Å². The minimum atomic E-state index is -2.94. The molecule has 0 aromatic heterocycles. The zero-order valence-electron chi connectivity index (χ0n) is 8.52. The molecule has 3 N–H and O–H groups in total. The van der Waals surface area contributed by atoms with Crippen molar-refractivity contribution in [3.05, 3.63) is 0 Å². The van der Waals surface area contributed by atoms with Crippen molar-refractivity contribution in [1.82, 2.24) is 0 Å². The van der Waals surface area contributed by atoms with E-state index in [0.717, 1.165) is 19.3 Å². The van der Waals surface area contributed by atoms with Crippen molar-refractivity contribution in [1.29, 1.82) is 0 Å². The smallest absolute Gasteiger partial charge is 0.150 e. The third kappa shape index (κ3) is 2.93. The maximum Gasteiger partial charge on any atom is 0.150 e. The molecule has 0 aromatic rings. The second-order valence-corrected chi connectivity index (χ2v) is 6.55. The standard InChI is InChI=1S/C9H19NO3S/c1-14(12,13)8-4-2-3-7(5-8)9(10)6-11/h7-9,11H,2-6,10H2,1H3. The van der Waals surface area contributed by atoms with Crippen LogP contribution in [0.15, 0.2) is 0 Å². The molecule has 1 fully saturated rings. The van der Waals surface area contributed by atoms with Gasteiger partial charge in [-0.25, -0.2) is 8.42 Å². The van der Waals surface area contributed by atoms with E-state index in [1.807, 2.05) is 0 Å². The Labute approximate surface area is 85.4 Å². The lowest BCUT2D eigenvalue weighted by Gasteiger charge is -2.31. The maximum absolute atomic E-state index is 11.3. The highest BCUT2D eigenvalue weighted by Crippen LogP contribution is 2.29. The largest absolute Gasteiger partial charge is 0.395 e. The van der Waals surface area contributed by atoms with Gasteiger partial charge in [-0.1, -0.05) is 6.42 Å². The Balaban J connectivity index is 2.61. The lowest BCUT2D eigenvalue weighted by molar-refractivity contribution is 0.199. The molecule has 84 valence electrons. The second-order valence-electron chi connectivity index (χ2n) is 4.22. The molecule has 0 saturated heterocycles. The first-order valence-corrected chi connectivity index (χ1v) is 6.96. The molecule has 0 spiro atoms. The quantitative estimate of drug-likeness (QED) is 0.698. The van der Waals surface area contributed by atoms with Gasteiger partial charge < -0.3 is 10.8 Å². The number of hydrogen-bond donors (Lipinski definition) is 2. The summed E-state index contributed by atoms with van der Waals surface area (Å²) in [5.41, 5.74) is 5.71. The van der Waals surface area contributed by atoms with Gasteiger partial charge >= 0.3 is 0 Å². The Morgan fingerprint density at radius 2 is 2.14 bits per heavy atom. The molecule has 1 aliphatic carbocycles. The molecule has 3 atom stereocenters. The summed E-state index contributed by atoms with van der Waals surface area (Å²) in [6.45, 7) is -0.0544. The van der Waals surface area contributed by atoms with Crippen molar-refractivity contribution in [2.24, 2.45) is 11.7 Å². The summed E-state index contributed by atoms with van der Waals surface area (Å²) in [5, 5.41) is 8.65. The number of aliphatic hydroxyl groups excluding tert-OH is 1. The summed E-state index contributed by atoms with van der Waals surface area (Å²) in [6, 6.07) is -0.264. The van der Waals surface area contributed by atoms with Crippen molar-refractivity contribution >= 4 is 9.84 Å². The number of rotatable bonds is 3. The van der Waals surface area contributed by atoms with E-state index in [1.165, 1.54) is 6.26 Å². The zero-order chi connectivity index (χ0) is 10.8. The first-order valence-electron chi connectivity index (χ1n) is 5.00. The van der Waals surface area contributed by atoms with E-state index < -0.39 is 9.84 Å². The third-order valence-electron chi connectivity index (χ3n) is 3.09. The number of sulfone groups is 1. The molecular formula is C9H19NO3S. The summed E-state index contributed by atoms with van der Waals surface area (Å²) >= 11 is 0. The molecule has 1 aliphatic rings. The van der Waals surface area contributed by atoms with Crippen LogP contribution in [0.2, 0.25) is 0 Å². The van der Waals surface area contributed by atoms with Gasteiger partial charge in [0.25, 0.3) is 0 Å². The van der Waals surface area contributed by atoms with Crippen molar-refractivity contribution in [2.45, 2.75) is 37.0 Å². The van der Waals surface area contributed by atoms with Gasteiger partial charge in [0.1, 0.15) is 9.84 Å². The van der Waals surface area contributed by atoms with E-state index in [9.17, 15) is 8.42 Å². The molecule has 14 heavy (non-hydrogen) atoms. The molecule has 5 heteroatoms. The molecule has 3 unspecified atom stereocenters. The maximum atomic E-state index is 11.3. The SMILES string of the molecule is CS(=O)(=O)C1CCCC(C(N)CO)C1. The molecule has 0 aromatic carbocycles. The van der Waals surface area contributed by atoms with Crippen LogP contribution in [-0.4, -0.2) is 37.7 Å². The molecule has 0 bridgehead atoms. The predicted octanol–water partition coefficient (Wildman–Crippen LogP) is -0.0906. The molecule has 0 heterocycles. The Morgan fingerprint density at radius 3 is 2.64 bits per heavy atom. The molecule has 0 aliphatic heterocycles. The van der Waals surface area contributed by atoms with Crippen LogP contribution in [0.1, 0.15) is 25.7 Å². The third-order valence-corrected chi connectivity index (χ3v) is 4.73. The molecule has 0 radical (unpaired) electrons. The average molecular weight is 221 g/mol. The van der Waals surface area contributed by atoms with Crippen LogP contribution < -0.4 is 5.73 Å². The molecular weight excluding hydrogens is 202 g/mol. The number of nitrogens with two attached hydrogens (primary N) is 1. The second kappa shape index (κ2) is 4.59. The van der Waals surface area contributed by atoms with Crippen molar-refractivity contribution in [3.8, 4) is 0 Å². The van der Waals surface area contributed by atoms with E-state index >= 15 is 0 Å².